The van der Waals surface area contributed by atoms with E-state index in [0.717, 1.165) is 22.4 Å². The molecule has 0 aliphatic carbocycles. The van der Waals surface area contributed by atoms with Crippen molar-refractivity contribution in [1.82, 2.24) is 0 Å². The zero-order valence-electron chi connectivity index (χ0n) is 11.7. The van der Waals surface area contributed by atoms with E-state index in [1.165, 1.54) is 0 Å². The van der Waals surface area contributed by atoms with Crippen LogP contribution in [-0.2, 0) is 11.4 Å². The highest BCUT2D eigenvalue weighted by Crippen LogP contribution is 2.24. The number of aryl methyl sites for hydroxylation is 1. The molecule has 104 valence electrons. The second-order valence-electron chi connectivity index (χ2n) is 4.86. The first kappa shape index (κ1) is 14.1. The fourth-order valence-corrected chi connectivity index (χ4v) is 1.98. The number of carboxylic acids is 1. The number of benzene rings is 2. The van der Waals surface area contributed by atoms with E-state index < -0.39 is 11.9 Å². The van der Waals surface area contributed by atoms with Crippen molar-refractivity contribution >= 4 is 5.97 Å². The van der Waals surface area contributed by atoms with Crippen molar-refractivity contribution in [3.8, 4) is 5.75 Å². The average Bonchev–Trinajstić information content (AvgIpc) is 2.46. The normalized spacial score (nSPS) is 11.9. The summed E-state index contributed by atoms with van der Waals surface area (Å²) in [6, 6.07) is 15.5. The third kappa shape index (κ3) is 3.38. The van der Waals surface area contributed by atoms with Crippen molar-refractivity contribution in [2.45, 2.75) is 26.4 Å². The van der Waals surface area contributed by atoms with E-state index in [2.05, 4.69) is 0 Å². The van der Waals surface area contributed by atoms with Gasteiger partial charge in [0.25, 0.3) is 0 Å². The highest BCUT2D eigenvalue weighted by atomic mass is 16.5. The molecule has 0 heterocycles. The van der Waals surface area contributed by atoms with Crippen LogP contribution in [0.1, 0.15) is 29.5 Å². The zero-order chi connectivity index (χ0) is 14.5. The quantitative estimate of drug-likeness (QED) is 0.899. The summed E-state index contributed by atoms with van der Waals surface area (Å²) in [4.78, 5) is 11.0. The largest absolute Gasteiger partial charge is 0.489 e. The van der Waals surface area contributed by atoms with Crippen LogP contribution in [0.25, 0.3) is 0 Å². The summed E-state index contributed by atoms with van der Waals surface area (Å²) in [5.41, 5.74) is 2.85. The van der Waals surface area contributed by atoms with Crippen LogP contribution in [0.5, 0.6) is 5.75 Å². The molecule has 1 unspecified atom stereocenters. The number of hydrogen-bond acceptors (Lipinski definition) is 2. The Morgan fingerprint density at radius 1 is 1.20 bits per heavy atom. The molecule has 0 aliphatic rings. The van der Waals surface area contributed by atoms with Crippen LogP contribution < -0.4 is 4.74 Å². The number of ether oxygens (including phenoxy) is 1. The molecule has 0 saturated carbocycles. The number of carbonyl (C=O) groups is 1. The predicted octanol–water partition coefficient (Wildman–Crippen LogP) is 3.76. The Labute approximate surface area is 118 Å². The molecule has 2 aromatic rings. The Bertz CT molecular complexity index is 590. The number of aliphatic carboxylic acids is 1. The van der Waals surface area contributed by atoms with Crippen LogP contribution in [0, 0.1) is 6.92 Å². The Kier molecular flexibility index (Phi) is 4.41. The number of hydrogen-bond donors (Lipinski definition) is 1. The Morgan fingerprint density at radius 3 is 2.50 bits per heavy atom. The lowest BCUT2D eigenvalue weighted by atomic mass is 9.99. The van der Waals surface area contributed by atoms with Gasteiger partial charge >= 0.3 is 5.97 Å². The lowest BCUT2D eigenvalue weighted by molar-refractivity contribution is -0.138. The standard InChI is InChI=1S/C17H18O3/c1-12-10-15(13(2)17(18)19)8-9-16(12)20-11-14-6-4-3-5-7-14/h3-10,13H,11H2,1-2H3,(H,18,19). The molecule has 0 aromatic heterocycles. The highest BCUT2D eigenvalue weighted by Gasteiger charge is 2.14. The summed E-state index contributed by atoms with van der Waals surface area (Å²) in [6.45, 7) is 4.12. The monoisotopic (exact) mass is 270 g/mol. The predicted molar refractivity (Wildman–Crippen MR) is 78.0 cm³/mol. The van der Waals surface area contributed by atoms with E-state index in [1.807, 2.05) is 55.5 Å². The van der Waals surface area contributed by atoms with Gasteiger partial charge in [0.15, 0.2) is 0 Å². The van der Waals surface area contributed by atoms with Gasteiger partial charge in [0.05, 0.1) is 5.92 Å². The van der Waals surface area contributed by atoms with E-state index in [0.29, 0.717) is 6.61 Å². The minimum Gasteiger partial charge on any atom is -0.489 e. The molecule has 0 fully saturated rings. The molecule has 0 spiro atoms. The van der Waals surface area contributed by atoms with Crippen molar-refractivity contribution in [3.05, 3.63) is 65.2 Å². The third-order valence-electron chi connectivity index (χ3n) is 3.31. The molecule has 0 aliphatic heterocycles. The second-order valence-corrected chi connectivity index (χ2v) is 4.86. The van der Waals surface area contributed by atoms with Crippen molar-refractivity contribution in [2.24, 2.45) is 0 Å². The van der Waals surface area contributed by atoms with Crippen LogP contribution in [0.2, 0.25) is 0 Å². The molecule has 0 saturated heterocycles. The minimum atomic E-state index is -0.817. The van der Waals surface area contributed by atoms with Gasteiger partial charge in [-0.25, -0.2) is 0 Å². The van der Waals surface area contributed by atoms with Crippen LogP contribution in [0.15, 0.2) is 48.5 Å². The van der Waals surface area contributed by atoms with Crippen LogP contribution in [0.4, 0.5) is 0 Å². The van der Waals surface area contributed by atoms with Gasteiger partial charge < -0.3 is 9.84 Å². The Hall–Kier alpha value is -2.29. The van der Waals surface area contributed by atoms with Crippen molar-refractivity contribution in [3.63, 3.8) is 0 Å². The fraction of sp³-hybridized carbons (Fsp3) is 0.235. The van der Waals surface area contributed by atoms with Crippen molar-refractivity contribution in [1.29, 1.82) is 0 Å². The first-order valence-corrected chi connectivity index (χ1v) is 6.58. The lowest BCUT2D eigenvalue weighted by Gasteiger charge is -2.12. The summed E-state index contributed by atoms with van der Waals surface area (Å²) in [5.74, 6) is -0.533. The molecular weight excluding hydrogens is 252 g/mol. The molecule has 0 amide bonds. The molecular formula is C17H18O3. The molecule has 20 heavy (non-hydrogen) atoms. The maximum Gasteiger partial charge on any atom is 0.310 e. The van der Waals surface area contributed by atoms with Gasteiger partial charge in [0.2, 0.25) is 0 Å². The summed E-state index contributed by atoms with van der Waals surface area (Å²) in [7, 11) is 0. The number of rotatable bonds is 5. The first-order valence-electron chi connectivity index (χ1n) is 6.58. The summed E-state index contributed by atoms with van der Waals surface area (Å²) in [6.07, 6.45) is 0. The highest BCUT2D eigenvalue weighted by molar-refractivity contribution is 5.75. The SMILES string of the molecule is Cc1cc(C(C)C(=O)O)ccc1OCc1ccccc1. The molecule has 2 aromatic carbocycles. The van der Waals surface area contributed by atoms with Gasteiger partial charge in [-0.3, -0.25) is 4.79 Å². The van der Waals surface area contributed by atoms with E-state index in [9.17, 15) is 4.79 Å². The average molecular weight is 270 g/mol. The minimum absolute atomic E-state index is 0.503. The maximum absolute atomic E-state index is 11.0. The number of carboxylic acid groups (broad SMARTS) is 1. The zero-order valence-corrected chi connectivity index (χ0v) is 11.7. The van der Waals surface area contributed by atoms with Gasteiger partial charge in [0.1, 0.15) is 12.4 Å². The Morgan fingerprint density at radius 2 is 1.90 bits per heavy atom. The summed E-state index contributed by atoms with van der Waals surface area (Å²) >= 11 is 0. The van der Waals surface area contributed by atoms with Crippen LogP contribution in [0.3, 0.4) is 0 Å². The van der Waals surface area contributed by atoms with Crippen molar-refractivity contribution in [2.75, 3.05) is 0 Å². The van der Waals surface area contributed by atoms with E-state index in [-0.39, 0.29) is 0 Å². The van der Waals surface area contributed by atoms with E-state index >= 15 is 0 Å². The maximum atomic E-state index is 11.0. The summed E-state index contributed by atoms with van der Waals surface area (Å²) < 4.78 is 5.77. The van der Waals surface area contributed by atoms with Gasteiger partial charge in [-0.05, 0) is 36.6 Å². The van der Waals surface area contributed by atoms with Gasteiger partial charge in [0, 0.05) is 0 Å². The smallest absolute Gasteiger partial charge is 0.310 e. The summed E-state index contributed by atoms with van der Waals surface area (Å²) in [5, 5.41) is 9.02. The molecule has 3 heteroatoms. The van der Waals surface area contributed by atoms with Crippen LogP contribution >= 0.6 is 0 Å². The van der Waals surface area contributed by atoms with E-state index in [1.54, 1.807) is 6.92 Å². The van der Waals surface area contributed by atoms with Gasteiger partial charge in [-0.15, -0.1) is 0 Å². The van der Waals surface area contributed by atoms with Gasteiger partial charge in [-0.2, -0.15) is 0 Å². The Balaban J connectivity index is 2.08. The second kappa shape index (κ2) is 6.24. The lowest BCUT2D eigenvalue weighted by Crippen LogP contribution is -2.07. The topological polar surface area (TPSA) is 46.5 Å². The van der Waals surface area contributed by atoms with Crippen LogP contribution in [-0.4, -0.2) is 11.1 Å². The third-order valence-corrected chi connectivity index (χ3v) is 3.31. The van der Waals surface area contributed by atoms with E-state index in [4.69, 9.17) is 9.84 Å². The fourth-order valence-electron chi connectivity index (χ4n) is 1.98. The molecule has 1 N–H and O–H groups in total. The molecule has 3 nitrogen and oxygen atoms in total. The van der Waals surface area contributed by atoms with Crippen molar-refractivity contribution < 1.29 is 14.6 Å². The molecule has 0 bridgehead atoms. The molecule has 2 rings (SSSR count). The van der Waals surface area contributed by atoms with Gasteiger partial charge in [-0.1, -0.05) is 42.5 Å². The first-order chi connectivity index (χ1) is 9.58. The molecule has 1 atom stereocenters. The molecule has 0 radical (unpaired) electrons.